The van der Waals surface area contributed by atoms with E-state index in [2.05, 4.69) is 12.2 Å². The lowest BCUT2D eigenvalue weighted by Gasteiger charge is -2.15. The topological polar surface area (TPSA) is 30.5 Å². The third kappa shape index (κ3) is 5.03. The van der Waals surface area contributed by atoms with Crippen molar-refractivity contribution in [3.8, 4) is 11.5 Å². The Labute approximate surface area is 147 Å². The van der Waals surface area contributed by atoms with Crippen LogP contribution < -0.4 is 14.8 Å². The standard InChI is InChI=1S/C18H21Cl2NO2/c1-3-8-21-11-13-9-16(20)18(17(10-13)22-2)23-12-14-6-4-5-7-15(14)19/h4-7,9-10,21H,3,8,11-12H2,1-2H3. The molecule has 0 amide bonds. The van der Waals surface area contributed by atoms with Crippen molar-refractivity contribution in [2.75, 3.05) is 13.7 Å². The smallest absolute Gasteiger partial charge is 0.180 e. The van der Waals surface area contributed by atoms with Crippen molar-refractivity contribution in [3.63, 3.8) is 0 Å². The minimum Gasteiger partial charge on any atom is -0.493 e. The summed E-state index contributed by atoms with van der Waals surface area (Å²) in [5.41, 5.74) is 1.96. The van der Waals surface area contributed by atoms with Crippen molar-refractivity contribution in [2.24, 2.45) is 0 Å². The van der Waals surface area contributed by atoms with Crippen molar-refractivity contribution < 1.29 is 9.47 Å². The summed E-state index contributed by atoms with van der Waals surface area (Å²) in [5.74, 6) is 1.16. The molecule has 0 aliphatic rings. The molecule has 5 heteroatoms. The van der Waals surface area contributed by atoms with Crippen LogP contribution in [-0.2, 0) is 13.2 Å². The van der Waals surface area contributed by atoms with Gasteiger partial charge in [0.15, 0.2) is 11.5 Å². The van der Waals surface area contributed by atoms with Gasteiger partial charge in [-0.25, -0.2) is 0 Å². The van der Waals surface area contributed by atoms with Gasteiger partial charge < -0.3 is 14.8 Å². The highest BCUT2D eigenvalue weighted by molar-refractivity contribution is 6.32. The van der Waals surface area contributed by atoms with Crippen LogP contribution in [0, 0.1) is 0 Å². The van der Waals surface area contributed by atoms with E-state index in [0.717, 1.165) is 30.6 Å². The summed E-state index contributed by atoms with van der Waals surface area (Å²) in [4.78, 5) is 0. The molecule has 0 aromatic heterocycles. The number of methoxy groups -OCH3 is 1. The van der Waals surface area contributed by atoms with Crippen molar-refractivity contribution in [1.82, 2.24) is 5.32 Å². The zero-order chi connectivity index (χ0) is 16.7. The summed E-state index contributed by atoms with van der Waals surface area (Å²) in [6, 6.07) is 11.4. The summed E-state index contributed by atoms with van der Waals surface area (Å²) in [5, 5.41) is 4.54. The lowest BCUT2D eigenvalue weighted by Crippen LogP contribution is -2.14. The molecule has 2 rings (SSSR count). The van der Waals surface area contributed by atoms with Crippen LogP contribution in [-0.4, -0.2) is 13.7 Å². The summed E-state index contributed by atoms with van der Waals surface area (Å²) in [6.07, 6.45) is 1.09. The van der Waals surface area contributed by atoms with E-state index >= 15 is 0 Å². The van der Waals surface area contributed by atoms with Gasteiger partial charge in [-0.3, -0.25) is 0 Å². The molecular weight excluding hydrogens is 333 g/mol. The molecular formula is C18H21Cl2NO2. The molecule has 2 aromatic carbocycles. The van der Waals surface area contributed by atoms with E-state index in [1.807, 2.05) is 36.4 Å². The van der Waals surface area contributed by atoms with E-state index in [1.165, 1.54) is 0 Å². The Morgan fingerprint density at radius 1 is 1.09 bits per heavy atom. The largest absolute Gasteiger partial charge is 0.493 e. The molecule has 0 unspecified atom stereocenters. The monoisotopic (exact) mass is 353 g/mol. The van der Waals surface area contributed by atoms with Gasteiger partial charge in [-0.15, -0.1) is 0 Å². The summed E-state index contributed by atoms with van der Waals surface area (Å²) >= 11 is 12.5. The van der Waals surface area contributed by atoms with E-state index in [-0.39, 0.29) is 0 Å². The molecule has 0 fully saturated rings. The number of nitrogens with one attached hydrogen (secondary N) is 1. The van der Waals surface area contributed by atoms with Gasteiger partial charge in [0, 0.05) is 17.1 Å². The van der Waals surface area contributed by atoms with Crippen molar-refractivity contribution in [3.05, 3.63) is 57.6 Å². The molecule has 1 N–H and O–H groups in total. The number of benzene rings is 2. The number of halogens is 2. The zero-order valence-electron chi connectivity index (χ0n) is 13.4. The maximum Gasteiger partial charge on any atom is 0.180 e. The number of hydrogen-bond acceptors (Lipinski definition) is 3. The third-order valence-corrected chi connectivity index (χ3v) is 4.02. The van der Waals surface area contributed by atoms with Gasteiger partial charge in [-0.05, 0) is 36.7 Å². The fraction of sp³-hybridized carbons (Fsp3) is 0.333. The molecule has 0 saturated heterocycles. The molecule has 0 aliphatic heterocycles. The second kappa shape index (κ2) is 9.02. The van der Waals surface area contributed by atoms with Crippen LogP contribution in [0.2, 0.25) is 10.0 Å². The molecule has 3 nitrogen and oxygen atoms in total. The maximum absolute atomic E-state index is 6.37. The van der Waals surface area contributed by atoms with Gasteiger partial charge >= 0.3 is 0 Å². The van der Waals surface area contributed by atoms with Gasteiger partial charge in [0.05, 0.1) is 12.1 Å². The third-order valence-electron chi connectivity index (χ3n) is 3.37. The minimum atomic E-state index is 0.336. The lowest BCUT2D eigenvalue weighted by molar-refractivity contribution is 0.284. The number of hydrogen-bond donors (Lipinski definition) is 1. The molecule has 0 radical (unpaired) electrons. The first-order chi connectivity index (χ1) is 11.2. The molecule has 0 bridgehead atoms. The van der Waals surface area contributed by atoms with Gasteiger partial charge in [0.25, 0.3) is 0 Å². The lowest BCUT2D eigenvalue weighted by atomic mass is 10.2. The zero-order valence-corrected chi connectivity index (χ0v) is 14.9. The van der Waals surface area contributed by atoms with Gasteiger partial charge in [-0.2, -0.15) is 0 Å². The first kappa shape index (κ1) is 17.9. The highest BCUT2D eigenvalue weighted by atomic mass is 35.5. The van der Waals surface area contributed by atoms with Crippen LogP contribution in [0.4, 0.5) is 0 Å². The van der Waals surface area contributed by atoms with Crippen LogP contribution in [0.25, 0.3) is 0 Å². The van der Waals surface area contributed by atoms with Crippen LogP contribution in [0.1, 0.15) is 24.5 Å². The quantitative estimate of drug-likeness (QED) is 0.671. The van der Waals surface area contributed by atoms with Crippen molar-refractivity contribution in [2.45, 2.75) is 26.5 Å². The van der Waals surface area contributed by atoms with E-state index in [0.29, 0.717) is 28.2 Å². The Kier molecular flexibility index (Phi) is 7.03. The summed E-state index contributed by atoms with van der Waals surface area (Å²) in [7, 11) is 1.61. The molecule has 0 spiro atoms. The van der Waals surface area contributed by atoms with Gasteiger partial charge in [0.2, 0.25) is 0 Å². The fourth-order valence-corrected chi connectivity index (χ4v) is 2.67. The highest BCUT2D eigenvalue weighted by Gasteiger charge is 2.13. The van der Waals surface area contributed by atoms with Crippen molar-refractivity contribution in [1.29, 1.82) is 0 Å². The second-order valence-electron chi connectivity index (χ2n) is 5.17. The normalized spacial score (nSPS) is 10.6. The molecule has 23 heavy (non-hydrogen) atoms. The predicted octanol–water partition coefficient (Wildman–Crippen LogP) is 5.08. The first-order valence-electron chi connectivity index (χ1n) is 7.59. The molecule has 0 heterocycles. The van der Waals surface area contributed by atoms with Gasteiger partial charge in [0.1, 0.15) is 6.61 Å². The molecule has 124 valence electrons. The SMILES string of the molecule is CCCNCc1cc(Cl)c(OCc2ccccc2Cl)c(OC)c1. The van der Waals surface area contributed by atoms with Gasteiger partial charge in [-0.1, -0.05) is 48.3 Å². The maximum atomic E-state index is 6.37. The predicted molar refractivity (Wildman–Crippen MR) is 95.8 cm³/mol. The highest BCUT2D eigenvalue weighted by Crippen LogP contribution is 2.37. The Balaban J connectivity index is 2.13. The molecule has 0 atom stereocenters. The second-order valence-corrected chi connectivity index (χ2v) is 5.98. The van der Waals surface area contributed by atoms with Crippen LogP contribution in [0.15, 0.2) is 36.4 Å². The van der Waals surface area contributed by atoms with E-state index < -0.39 is 0 Å². The van der Waals surface area contributed by atoms with E-state index in [1.54, 1.807) is 7.11 Å². The molecule has 0 saturated carbocycles. The average Bonchev–Trinajstić information content (AvgIpc) is 2.55. The van der Waals surface area contributed by atoms with Crippen LogP contribution in [0.5, 0.6) is 11.5 Å². The van der Waals surface area contributed by atoms with E-state index in [4.69, 9.17) is 32.7 Å². The van der Waals surface area contributed by atoms with Crippen LogP contribution >= 0.6 is 23.2 Å². The number of rotatable bonds is 8. The Bertz CT molecular complexity index is 647. The van der Waals surface area contributed by atoms with Crippen molar-refractivity contribution >= 4 is 23.2 Å². The number of ether oxygens (including phenoxy) is 2. The first-order valence-corrected chi connectivity index (χ1v) is 8.34. The summed E-state index contributed by atoms with van der Waals surface area (Å²) in [6.45, 7) is 4.18. The van der Waals surface area contributed by atoms with E-state index in [9.17, 15) is 0 Å². The molecule has 0 aliphatic carbocycles. The minimum absolute atomic E-state index is 0.336. The Hall–Kier alpha value is -1.42. The average molecular weight is 354 g/mol. The Morgan fingerprint density at radius 3 is 2.57 bits per heavy atom. The summed E-state index contributed by atoms with van der Waals surface area (Å²) < 4.78 is 11.3. The van der Waals surface area contributed by atoms with Crippen LogP contribution in [0.3, 0.4) is 0 Å². The molecule has 2 aromatic rings. The Morgan fingerprint density at radius 2 is 1.87 bits per heavy atom. The fourth-order valence-electron chi connectivity index (χ4n) is 2.19.